The predicted octanol–water partition coefficient (Wildman–Crippen LogP) is 0.720. The van der Waals surface area contributed by atoms with Gasteiger partial charge in [0.05, 0.1) is 0 Å². The van der Waals surface area contributed by atoms with E-state index in [2.05, 4.69) is 0 Å². The highest BCUT2D eigenvalue weighted by Crippen LogP contribution is 2.50. The Hall–Kier alpha value is -1.06. The molecule has 82 valence electrons. The van der Waals surface area contributed by atoms with E-state index in [4.69, 9.17) is 5.11 Å². The first-order chi connectivity index (χ1) is 7.13. The highest BCUT2D eigenvalue weighted by Gasteiger charge is 2.60. The lowest BCUT2D eigenvalue weighted by molar-refractivity contribution is -0.153. The highest BCUT2D eigenvalue weighted by molar-refractivity contribution is 6.04. The van der Waals surface area contributed by atoms with Gasteiger partial charge in [0.2, 0.25) is 5.91 Å². The van der Waals surface area contributed by atoms with E-state index >= 15 is 0 Å². The molecule has 1 N–H and O–H groups in total. The molecule has 1 heterocycles. The van der Waals surface area contributed by atoms with Crippen LogP contribution >= 0.6 is 0 Å². The van der Waals surface area contributed by atoms with Crippen molar-refractivity contribution in [2.24, 2.45) is 17.3 Å². The molecule has 2 atom stereocenters. The molecular formula is C11H15NO3. The van der Waals surface area contributed by atoms with Crippen molar-refractivity contribution in [1.82, 2.24) is 4.90 Å². The van der Waals surface area contributed by atoms with Crippen LogP contribution in [0.5, 0.6) is 0 Å². The van der Waals surface area contributed by atoms with Crippen LogP contribution in [0.4, 0.5) is 0 Å². The average molecular weight is 209 g/mol. The van der Waals surface area contributed by atoms with E-state index in [1.54, 1.807) is 4.90 Å². The maximum atomic E-state index is 12.0. The summed E-state index contributed by atoms with van der Waals surface area (Å²) in [5.41, 5.74) is -1.02. The minimum absolute atomic E-state index is 0.121. The van der Waals surface area contributed by atoms with E-state index in [9.17, 15) is 9.59 Å². The molecule has 2 aliphatic carbocycles. The minimum Gasteiger partial charge on any atom is -0.480 e. The summed E-state index contributed by atoms with van der Waals surface area (Å²) >= 11 is 0. The van der Waals surface area contributed by atoms with Crippen molar-refractivity contribution < 1.29 is 14.7 Å². The molecule has 0 aromatic carbocycles. The molecule has 4 heteroatoms. The lowest BCUT2D eigenvalue weighted by atomic mass is 9.77. The maximum absolute atomic E-state index is 12.0. The fourth-order valence-electron chi connectivity index (χ4n) is 2.87. The Kier molecular flexibility index (Phi) is 1.68. The molecule has 0 radical (unpaired) electrons. The Morgan fingerprint density at radius 2 is 1.67 bits per heavy atom. The molecule has 3 rings (SSSR count). The molecule has 1 saturated heterocycles. The van der Waals surface area contributed by atoms with Gasteiger partial charge in [0.25, 0.3) is 0 Å². The van der Waals surface area contributed by atoms with Gasteiger partial charge in [-0.25, -0.2) is 0 Å². The third-order valence-corrected chi connectivity index (χ3v) is 4.34. The molecule has 1 aliphatic heterocycles. The Morgan fingerprint density at radius 3 is 2.00 bits per heavy atom. The Bertz CT molecular complexity index is 323. The number of hydrogen-bond donors (Lipinski definition) is 1. The zero-order valence-corrected chi connectivity index (χ0v) is 8.61. The number of nitrogens with zero attached hydrogens (tertiary/aromatic N) is 1. The van der Waals surface area contributed by atoms with Crippen LogP contribution in [-0.4, -0.2) is 35.0 Å². The maximum Gasteiger partial charge on any atom is 0.319 e. The van der Waals surface area contributed by atoms with Crippen LogP contribution in [0.15, 0.2) is 0 Å². The minimum atomic E-state index is -1.02. The van der Waals surface area contributed by atoms with Crippen LogP contribution in [0, 0.1) is 17.3 Å². The summed E-state index contributed by atoms with van der Waals surface area (Å²) in [6, 6.07) is 0. The number of carbonyl (C=O) groups excluding carboxylic acids is 1. The fourth-order valence-corrected chi connectivity index (χ4v) is 2.87. The largest absolute Gasteiger partial charge is 0.480 e. The molecule has 0 spiro atoms. The molecule has 2 saturated carbocycles. The van der Waals surface area contributed by atoms with E-state index in [-0.39, 0.29) is 5.91 Å². The van der Waals surface area contributed by atoms with Crippen molar-refractivity contribution in [3.63, 3.8) is 0 Å². The molecule has 4 nitrogen and oxygen atoms in total. The highest BCUT2D eigenvalue weighted by atomic mass is 16.4. The van der Waals surface area contributed by atoms with E-state index in [1.807, 2.05) is 0 Å². The van der Waals surface area contributed by atoms with Gasteiger partial charge in [-0.3, -0.25) is 9.59 Å². The van der Waals surface area contributed by atoms with Crippen molar-refractivity contribution in [3.05, 3.63) is 0 Å². The Morgan fingerprint density at radius 1 is 1.13 bits per heavy atom. The molecule has 1 amide bonds. The van der Waals surface area contributed by atoms with Gasteiger partial charge in [0.15, 0.2) is 0 Å². The summed E-state index contributed by atoms with van der Waals surface area (Å²) < 4.78 is 0. The van der Waals surface area contributed by atoms with Gasteiger partial charge in [0.1, 0.15) is 5.41 Å². The standard InChI is InChI=1S/C11H15NO3/c13-9(11(3-4-11)10(14)15)12-5-7-1-2-8(7)6-12/h7-8H,1-6H2,(H,14,15). The smallest absolute Gasteiger partial charge is 0.319 e. The molecule has 2 unspecified atom stereocenters. The molecule has 0 aromatic rings. The first kappa shape index (κ1) is 9.19. The number of carboxylic acid groups (broad SMARTS) is 1. The number of rotatable bonds is 2. The number of likely N-dealkylation sites (tertiary alicyclic amines) is 1. The van der Waals surface area contributed by atoms with Crippen LogP contribution < -0.4 is 0 Å². The molecule has 0 aromatic heterocycles. The number of carboxylic acids is 1. The van der Waals surface area contributed by atoms with E-state index in [0.717, 1.165) is 13.1 Å². The molecular weight excluding hydrogens is 194 g/mol. The molecule has 0 bridgehead atoms. The first-order valence-corrected chi connectivity index (χ1v) is 5.66. The van der Waals surface area contributed by atoms with Crippen molar-refractivity contribution in [2.75, 3.05) is 13.1 Å². The van der Waals surface area contributed by atoms with Crippen molar-refractivity contribution in [2.45, 2.75) is 25.7 Å². The van der Waals surface area contributed by atoms with Gasteiger partial charge in [-0.2, -0.15) is 0 Å². The summed E-state index contributed by atoms with van der Waals surface area (Å²) in [7, 11) is 0. The number of carbonyl (C=O) groups is 2. The summed E-state index contributed by atoms with van der Waals surface area (Å²) in [6.07, 6.45) is 3.50. The van der Waals surface area contributed by atoms with Gasteiger partial charge >= 0.3 is 5.97 Å². The van der Waals surface area contributed by atoms with Gasteiger partial charge in [-0.1, -0.05) is 0 Å². The number of aliphatic carboxylic acids is 1. The number of hydrogen-bond acceptors (Lipinski definition) is 2. The van der Waals surface area contributed by atoms with Crippen LogP contribution in [0.25, 0.3) is 0 Å². The van der Waals surface area contributed by atoms with E-state index in [1.165, 1.54) is 12.8 Å². The summed E-state index contributed by atoms with van der Waals surface area (Å²) in [4.78, 5) is 24.8. The Balaban J connectivity index is 1.73. The third kappa shape index (κ3) is 1.13. The van der Waals surface area contributed by atoms with Crippen LogP contribution in [-0.2, 0) is 9.59 Å². The quantitative estimate of drug-likeness (QED) is 0.682. The van der Waals surface area contributed by atoms with Gasteiger partial charge < -0.3 is 10.0 Å². The number of fused-ring (bicyclic) bond motifs is 1. The molecule has 15 heavy (non-hydrogen) atoms. The monoisotopic (exact) mass is 209 g/mol. The summed E-state index contributed by atoms with van der Waals surface area (Å²) in [5.74, 6) is 0.285. The van der Waals surface area contributed by atoms with E-state index in [0.29, 0.717) is 24.7 Å². The van der Waals surface area contributed by atoms with Gasteiger partial charge in [-0.15, -0.1) is 0 Å². The fraction of sp³-hybridized carbons (Fsp3) is 0.818. The normalized spacial score (nSPS) is 35.6. The third-order valence-electron chi connectivity index (χ3n) is 4.34. The lowest BCUT2D eigenvalue weighted by Gasteiger charge is -2.27. The second-order valence-electron chi connectivity index (χ2n) is 5.19. The Labute approximate surface area is 88.2 Å². The first-order valence-electron chi connectivity index (χ1n) is 5.66. The van der Waals surface area contributed by atoms with Crippen LogP contribution in [0.2, 0.25) is 0 Å². The van der Waals surface area contributed by atoms with Crippen molar-refractivity contribution >= 4 is 11.9 Å². The van der Waals surface area contributed by atoms with Crippen LogP contribution in [0.3, 0.4) is 0 Å². The van der Waals surface area contributed by atoms with Gasteiger partial charge in [0, 0.05) is 13.1 Å². The van der Waals surface area contributed by atoms with Gasteiger partial charge in [-0.05, 0) is 37.5 Å². The zero-order chi connectivity index (χ0) is 10.6. The molecule has 3 aliphatic rings. The SMILES string of the molecule is O=C(O)C1(C(=O)N2CC3CCC3C2)CC1. The number of amides is 1. The second kappa shape index (κ2) is 2.74. The van der Waals surface area contributed by atoms with E-state index < -0.39 is 11.4 Å². The molecule has 3 fully saturated rings. The average Bonchev–Trinajstić information content (AvgIpc) is 2.91. The zero-order valence-electron chi connectivity index (χ0n) is 8.61. The predicted molar refractivity (Wildman–Crippen MR) is 52.1 cm³/mol. The van der Waals surface area contributed by atoms with Crippen molar-refractivity contribution in [1.29, 1.82) is 0 Å². The van der Waals surface area contributed by atoms with Crippen LogP contribution in [0.1, 0.15) is 25.7 Å². The summed E-state index contributed by atoms with van der Waals surface area (Å²) in [6.45, 7) is 1.61. The van der Waals surface area contributed by atoms with Crippen molar-refractivity contribution in [3.8, 4) is 0 Å². The second-order valence-corrected chi connectivity index (χ2v) is 5.19. The topological polar surface area (TPSA) is 57.6 Å². The lowest BCUT2D eigenvalue weighted by Crippen LogP contribution is -2.39. The summed E-state index contributed by atoms with van der Waals surface area (Å²) in [5, 5.41) is 9.03.